The van der Waals surface area contributed by atoms with Crippen LogP contribution in [0.4, 0.5) is 0 Å². The van der Waals surface area contributed by atoms with Gasteiger partial charge in [0, 0.05) is 12.8 Å². The molecule has 0 aliphatic heterocycles. The van der Waals surface area contributed by atoms with E-state index < -0.39 is 26.5 Å². The summed E-state index contributed by atoms with van der Waals surface area (Å²) < 4.78 is 33.7. The number of phosphoric acid groups is 1. The minimum Gasteiger partial charge on any atom is -0.756 e. The highest BCUT2D eigenvalue weighted by atomic mass is 31.2. The third kappa shape index (κ3) is 34.7. The molecule has 47 heavy (non-hydrogen) atoms. The molecule has 0 spiro atoms. The molecule has 0 amide bonds. The number of phosphoric ester groups is 1. The molecule has 0 radical (unpaired) electrons. The first kappa shape index (κ1) is 46.0. The molecule has 0 aliphatic rings. The molecule has 0 fully saturated rings. The Bertz CT molecular complexity index is 789. The van der Waals surface area contributed by atoms with Gasteiger partial charge < -0.3 is 27.9 Å². The highest BCUT2D eigenvalue weighted by Crippen LogP contribution is 2.38. The lowest BCUT2D eigenvalue weighted by molar-refractivity contribution is -0.870. The van der Waals surface area contributed by atoms with Gasteiger partial charge in [-0.05, 0) is 12.8 Å². The molecule has 0 rings (SSSR count). The van der Waals surface area contributed by atoms with Crippen LogP contribution in [0.2, 0.25) is 0 Å². The minimum absolute atomic E-state index is 0.0262. The summed E-state index contributed by atoms with van der Waals surface area (Å²) >= 11 is 0. The van der Waals surface area contributed by atoms with Crippen LogP contribution >= 0.6 is 7.82 Å². The first-order valence-corrected chi connectivity index (χ1v) is 20.7. The van der Waals surface area contributed by atoms with Gasteiger partial charge in [0.15, 0.2) is 6.10 Å². The maximum atomic E-state index is 12.6. The molecule has 0 N–H and O–H groups in total. The zero-order chi connectivity index (χ0) is 35.1. The molecule has 9 nitrogen and oxygen atoms in total. The average Bonchev–Trinajstić information content (AvgIpc) is 3.01. The van der Waals surface area contributed by atoms with Crippen molar-refractivity contribution in [3.05, 3.63) is 0 Å². The Hall–Kier alpha value is -0.990. The second kappa shape index (κ2) is 31.0. The lowest BCUT2D eigenvalue weighted by Gasteiger charge is -2.28. The fraction of sp³-hybridized carbons (Fsp3) is 0.946. The number of carbonyl (C=O) groups excluding carboxylic acids is 2. The lowest BCUT2D eigenvalue weighted by Crippen LogP contribution is -2.37. The van der Waals surface area contributed by atoms with Crippen LogP contribution in [0.3, 0.4) is 0 Å². The molecule has 2 atom stereocenters. The quantitative estimate of drug-likeness (QED) is 0.0280. The van der Waals surface area contributed by atoms with Crippen molar-refractivity contribution in [2.75, 3.05) is 47.5 Å². The number of hydrogen-bond acceptors (Lipinski definition) is 8. The van der Waals surface area contributed by atoms with Crippen molar-refractivity contribution in [2.45, 2.75) is 180 Å². The van der Waals surface area contributed by atoms with Crippen LogP contribution in [0.25, 0.3) is 0 Å². The van der Waals surface area contributed by atoms with Gasteiger partial charge in [0.05, 0.1) is 27.7 Å². The summed E-state index contributed by atoms with van der Waals surface area (Å²) in [6.45, 7) is 4.21. The average molecular weight is 692 g/mol. The number of likely N-dealkylation sites (N-methyl/N-ethyl adjacent to an activating group) is 1. The predicted molar refractivity (Wildman–Crippen MR) is 190 cm³/mol. The van der Waals surface area contributed by atoms with Crippen LogP contribution in [-0.4, -0.2) is 70.0 Å². The lowest BCUT2D eigenvalue weighted by atomic mass is 10.0. The molecular weight excluding hydrogens is 617 g/mol. The summed E-state index contributed by atoms with van der Waals surface area (Å²) in [5.41, 5.74) is 0. The van der Waals surface area contributed by atoms with Gasteiger partial charge in [0.1, 0.15) is 19.8 Å². The highest BCUT2D eigenvalue weighted by molar-refractivity contribution is 7.45. The van der Waals surface area contributed by atoms with Gasteiger partial charge in [-0.2, -0.15) is 0 Å². The maximum absolute atomic E-state index is 12.6. The molecule has 0 aromatic carbocycles. The van der Waals surface area contributed by atoms with E-state index in [2.05, 4.69) is 13.8 Å². The standard InChI is InChI=1S/C37H74NO8P/c1-6-8-10-12-14-16-18-19-20-22-23-25-27-29-36(39)43-33-35(34-45-47(41,42)44-32-31-38(3,4)5)46-37(40)30-28-26-24-21-17-15-13-11-9-7-2/h35H,6-34H2,1-5H3/t35-/m0/s1. The van der Waals surface area contributed by atoms with Crippen molar-refractivity contribution in [2.24, 2.45) is 0 Å². The zero-order valence-electron chi connectivity index (χ0n) is 31.2. The summed E-state index contributed by atoms with van der Waals surface area (Å²) in [6, 6.07) is 0. The molecule has 0 aromatic heterocycles. The molecule has 280 valence electrons. The Balaban J connectivity index is 4.40. The highest BCUT2D eigenvalue weighted by Gasteiger charge is 2.21. The number of nitrogens with zero attached hydrogens (tertiary/aromatic N) is 1. The van der Waals surface area contributed by atoms with Crippen LogP contribution < -0.4 is 4.89 Å². The Labute approximate surface area is 289 Å². The van der Waals surface area contributed by atoms with Crippen LogP contribution in [0.15, 0.2) is 0 Å². The molecule has 0 saturated heterocycles. The number of rotatable bonds is 35. The van der Waals surface area contributed by atoms with E-state index in [0.717, 1.165) is 32.1 Å². The monoisotopic (exact) mass is 692 g/mol. The second-order valence-electron chi connectivity index (χ2n) is 14.3. The topological polar surface area (TPSA) is 111 Å². The molecular formula is C37H74NO8P. The number of hydrogen-bond donors (Lipinski definition) is 0. The summed E-state index contributed by atoms with van der Waals surface area (Å²) in [6.07, 6.45) is 27.0. The van der Waals surface area contributed by atoms with E-state index in [1.54, 1.807) is 0 Å². The van der Waals surface area contributed by atoms with Gasteiger partial charge in [-0.25, -0.2) is 0 Å². The first-order chi connectivity index (χ1) is 22.5. The van der Waals surface area contributed by atoms with Crippen LogP contribution in [0.5, 0.6) is 0 Å². The smallest absolute Gasteiger partial charge is 0.306 e. The first-order valence-electron chi connectivity index (χ1n) is 19.2. The number of esters is 2. The van der Waals surface area contributed by atoms with E-state index in [-0.39, 0.29) is 32.0 Å². The molecule has 0 bridgehead atoms. The van der Waals surface area contributed by atoms with Crippen molar-refractivity contribution in [3.63, 3.8) is 0 Å². The molecule has 0 saturated carbocycles. The van der Waals surface area contributed by atoms with Crippen LogP contribution in [-0.2, 0) is 32.7 Å². The van der Waals surface area contributed by atoms with Crippen LogP contribution in [0, 0.1) is 0 Å². The zero-order valence-corrected chi connectivity index (χ0v) is 32.1. The fourth-order valence-electron chi connectivity index (χ4n) is 5.30. The van der Waals surface area contributed by atoms with Gasteiger partial charge >= 0.3 is 11.9 Å². The molecule has 1 unspecified atom stereocenters. The molecule has 0 aromatic rings. The Morgan fingerprint density at radius 2 is 0.957 bits per heavy atom. The summed E-state index contributed by atoms with van der Waals surface area (Å²) in [5.74, 6) is -0.828. The normalized spacial score (nSPS) is 13.7. The summed E-state index contributed by atoms with van der Waals surface area (Å²) in [7, 11) is 1.18. The van der Waals surface area contributed by atoms with Gasteiger partial charge in [-0.3, -0.25) is 14.2 Å². The second-order valence-corrected chi connectivity index (χ2v) is 15.7. The maximum Gasteiger partial charge on any atom is 0.306 e. The van der Waals surface area contributed by atoms with Crippen molar-refractivity contribution < 1.29 is 42.1 Å². The van der Waals surface area contributed by atoms with E-state index >= 15 is 0 Å². The van der Waals surface area contributed by atoms with Crippen molar-refractivity contribution >= 4 is 19.8 Å². The van der Waals surface area contributed by atoms with E-state index in [4.69, 9.17) is 18.5 Å². The fourth-order valence-corrected chi connectivity index (χ4v) is 6.03. The third-order valence-corrected chi connectivity index (χ3v) is 9.34. The van der Waals surface area contributed by atoms with E-state index in [0.29, 0.717) is 17.4 Å². The van der Waals surface area contributed by atoms with Gasteiger partial charge in [-0.15, -0.1) is 0 Å². The SMILES string of the molecule is CCCCCCCCCCCCCCCC(=O)OC[C@@H](COP(=O)([O-])OCC[N+](C)(C)C)OC(=O)CCCCCCCCCCCC. The Morgan fingerprint density at radius 3 is 1.36 bits per heavy atom. The summed E-state index contributed by atoms with van der Waals surface area (Å²) in [4.78, 5) is 37.2. The Morgan fingerprint density at radius 1 is 0.574 bits per heavy atom. The summed E-state index contributed by atoms with van der Waals surface area (Å²) in [5, 5.41) is 0. The van der Waals surface area contributed by atoms with Crippen molar-refractivity contribution in [3.8, 4) is 0 Å². The predicted octanol–water partition coefficient (Wildman–Crippen LogP) is 9.44. The molecule has 0 heterocycles. The van der Waals surface area contributed by atoms with Gasteiger partial charge in [0.2, 0.25) is 0 Å². The van der Waals surface area contributed by atoms with Crippen LogP contribution in [0.1, 0.15) is 174 Å². The van der Waals surface area contributed by atoms with E-state index in [1.807, 2.05) is 21.1 Å². The van der Waals surface area contributed by atoms with Crippen molar-refractivity contribution in [1.82, 2.24) is 0 Å². The molecule has 10 heteroatoms. The number of carbonyl (C=O) groups is 2. The van der Waals surface area contributed by atoms with Gasteiger partial charge in [-0.1, -0.05) is 149 Å². The van der Waals surface area contributed by atoms with E-state index in [9.17, 15) is 19.0 Å². The number of ether oxygens (including phenoxy) is 2. The largest absolute Gasteiger partial charge is 0.756 e. The third-order valence-electron chi connectivity index (χ3n) is 8.38. The Kier molecular flexibility index (Phi) is 30.4. The van der Waals surface area contributed by atoms with Crippen molar-refractivity contribution in [1.29, 1.82) is 0 Å². The number of quaternary nitrogens is 1. The van der Waals surface area contributed by atoms with Gasteiger partial charge in [0.25, 0.3) is 7.82 Å². The van der Waals surface area contributed by atoms with E-state index in [1.165, 1.54) is 109 Å². The molecule has 0 aliphatic carbocycles. The number of unbranched alkanes of at least 4 members (excludes halogenated alkanes) is 21. The minimum atomic E-state index is -4.61.